The fourth-order valence-corrected chi connectivity index (χ4v) is 1.81. The lowest BCUT2D eigenvalue weighted by atomic mass is 10.0. The second-order valence-electron chi connectivity index (χ2n) is 3.84. The van der Waals surface area contributed by atoms with Crippen molar-refractivity contribution < 1.29 is 5.11 Å². The van der Waals surface area contributed by atoms with Crippen LogP contribution in [0.5, 0.6) is 5.75 Å². The number of hydrogen-bond donors (Lipinski definition) is 2. The molecule has 88 valence electrons. The predicted molar refractivity (Wildman–Crippen MR) is 66.7 cm³/mol. The number of rotatable bonds is 2. The SMILES string of the molecule is Oc1ccccc1-c1ccc(-c2nnn[nH]2)cc1. The molecule has 2 N–H and O–H groups in total. The molecule has 0 unspecified atom stereocenters. The fraction of sp³-hybridized carbons (Fsp3) is 0. The zero-order valence-electron chi connectivity index (χ0n) is 9.41. The highest BCUT2D eigenvalue weighted by Gasteiger charge is 2.05. The van der Waals surface area contributed by atoms with Gasteiger partial charge in [0, 0.05) is 11.1 Å². The number of aromatic amines is 1. The summed E-state index contributed by atoms with van der Waals surface area (Å²) < 4.78 is 0. The van der Waals surface area contributed by atoms with Crippen LogP contribution in [-0.4, -0.2) is 25.7 Å². The van der Waals surface area contributed by atoms with Crippen LogP contribution in [0, 0.1) is 0 Å². The van der Waals surface area contributed by atoms with Crippen molar-refractivity contribution in [2.45, 2.75) is 0 Å². The van der Waals surface area contributed by atoms with Crippen molar-refractivity contribution >= 4 is 0 Å². The minimum atomic E-state index is 0.270. The number of nitrogens with one attached hydrogen (secondary N) is 1. The van der Waals surface area contributed by atoms with E-state index >= 15 is 0 Å². The van der Waals surface area contributed by atoms with Crippen LogP contribution in [0.3, 0.4) is 0 Å². The Morgan fingerprint density at radius 1 is 0.889 bits per heavy atom. The van der Waals surface area contributed by atoms with Gasteiger partial charge in [0.1, 0.15) is 5.75 Å². The Kier molecular flexibility index (Phi) is 2.49. The van der Waals surface area contributed by atoms with E-state index in [1.54, 1.807) is 12.1 Å². The summed E-state index contributed by atoms with van der Waals surface area (Å²) in [4.78, 5) is 0. The minimum absolute atomic E-state index is 0.270. The van der Waals surface area contributed by atoms with Crippen molar-refractivity contribution in [1.29, 1.82) is 0 Å². The summed E-state index contributed by atoms with van der Waals surface area (Å²) in [5.74, 6) is 0.894. The minimum Gasteiger partial charge on any atom is -0.507 e. The summed E-state index contributed by atoms with van der Waals surface area (Å²) >= 11 is 0. The molecule has 3 rings (SSSR count). The molecular formula is C13H10N4O. The highest BCUT2D eigenvalue weighted by atomic mass is 16.3. The molecule has 0 aliphatic heterocycles. The number of aromatic nitrogens is 4. The Labute approximate surface area is 103 Å². The molecule has 0 saturated carbocycles. The lowest BCUT2D eigenvalue weighted by molar-refractivity contribution is 0.477. The lowest BCUT2D eigenvalue weighted by Gasteiger charge is -2.04. The van der Waals surface area contributed by atoms with E-state index < -0.39 is 0 Å². The van der Waals surface area contributed by atoms with Gasteiger partial charge < -0.3 is 5.11 Å². The van der Waals surface area contributed by atoms with E-state index in [2.05, 4.69) is 20.6 Å². The largest absolute Gasteiger partial charge is 0.507 e. The predicted octanol–water partition coefficient (Wildman–Crippen LogP) is 2.24. The second kappa shape index (κ2) is 4.29. The van der Waals surface area contributed by atoms with Crippen LogP contribution in [0.4, 0.5) is 0 Å². The van der Waals surface area contributed by atoms with Crippen molar-refractivity contribution in [3.8, 4) is 28.3 Å². The fourth-order valence-electron chi connectivity index (χ4n) is 1.81. The second-order valence-corrected chi connectivity index (χ2v) is 3.84. The van der Waals surface area contributed by atoms with E-state index in [0.29, 0.717) is 5.82 Å². The van der Waals surface area contributed by atoms with Crippen molar-refractivity contribution in [1.82, 2.24) is 20.6 Å². The topological polar surface area (TPSA) is 74.7 Å². The molecule has 5 nitrogen and oxygen atoms in total. The van der Waals surface area contributed by atoms with Gasteiger partial charge in [0.2, 0.25) is 0 Å². The maximum absolute atomic E-state index is 9.78. The third-order valence-electron chi connectivity index (χ3n) is 2.72. The van der Waals surface area contributed by atoms with Gasteiger partial charge >= 0.3 is 0 Å². The lowest BCUT2D eigenvalue weighted by Crippen LogP contribution is -1.83. The molecule has 1 aromatic heterocycles. The van der Waals surface area contributed by atoms with Gasteiger partial charge in [-0.3, -0.25) is 0 Å². The molecule has 0 bridgehead atoms. The summed E-state index contributed by atoms with van der Waals surface area (Å²) in [6.07, 6.45) is 0. The first-order chi connectivity index (χ1) is 8.84. The highest BCUT2D eigenvalue weighted by Crippen LogP contribution is 2.29. The number of para-hydroxylation sites is 1. The van der Waals surface area contributed by atoms with E-state index in [0.717, 1.165) is 16.7 Å². The van der Waals surface area contributed by atoms with Gasteiger partial charge in [-0.05, 0) is 22.1 Å². The number of tetrazole rings is 1. The first-order valence-corrected chi connectivity index (χ1v) is 5.47. The highest BCUT2D eigenvalue weighted by molar-refractivity contribution is 5.72. The van der Waals surface area contributed by atoms with Gasteiger partial charge in [-0.2, -0.15) is 0 Å². The Morgan fingerprint density at radius 3 is 2.28 bits per heavy atom. The van der Waals surface area contributed by atoms with Crippen molar-refractivity contribution in [3.63, 3.8) is 0 Å². The Hall–Kier alpha value is -2.69. The third kappa shape index (κ3) is 1.82. The van der Waals surface area contributed by atoms with E-state index in [9.17, 15) is 5.11 Å². The standard InChI is InChI=1S/C13H10N4O/c18-12-4-2-1-3-11(12)9-5-7-10(8-6-9)13-14-16-17-15-13/h1-8,18H,(H,14,15,16,17). The molecule has 0 fully saturated rings. The number of nitrogens with zero attached hydrogens (tertiary/aromatic N) is 3. The molecule has 1 heterocycles. The summed E-state index contributed by atoms with van der Waals surface area (Å²) in [5.41, 5.74) is 2.66. The van der Waals surface area contributed by atoms with Crippen LogP contribution in [0.15, 0.2) is 48.5 Å². The van der Waals surface area contributed by atoms with Crippen LogP contribution in [0.2, 0.25) is 0 Å². The van der Waals surface area contributed by atoms with Crippen molar-refractivity contribution in [3.05, 3.63) is 48.5 Å². The van der Waals surface area contributed by atoms with Gasteiger partial charge in [-0.1, -0.05) is 42.5 Å². The van der Waals surface area contributed by atoms with Crippen LogP contribution in [0.1, 0.15) is 0 Å². The molecule has 0 saturated heterocycles. The number of phenolic OH excluding ortho intramolecular Hbond substituents is 1. The van der Waals surface area contributed by atoms with E-state index in [4.69, 9.17) is 0 Å². The molecule has 5 heteroatoms. The molecule has 18 heavy (non-hydrogen) atoms. The van der Waals surface area contributed by atoms with Gasteiger partial charge in [0.05, 0.1) is 0 Å². The maximum Gasteiger partial charge on any atom is 0.179 e. The first kappa shape index (κ1) is 10.5. The first-order valence-electron chi connectivity index (χ1n) is 5.47. The molecule has 0 aliphatic carbocycles. The summed E-state index contributed by atoms with van der Waals surface area (Å²) in [7, 11) is 0. The molecule has 0 atom stereocenters. The molecule has 0 radical (unpaired) electrons. The summed E-state index contributed by atoms with van der Waals surface area (Å²) in [6.45, 7) is 0. The molecule has 0 amide bonds. The number of phenols is 1. The Bertz CT molecular complexity index is 647. The zero-order valence-corrected chi connectivity index (χ0v) is 9.41. The van der Waals surface area contributed by atoms with Crippen LogP contribution in [0.25, 0.3) is 22.5 Å². The van der Waals surface area contributed by atoms with Gasteiger partial charge in [0.25, 0.3) is 0 Å². The molecule has 0 aliphatic rings. The number of benzene rings is 2. The normalized spacial score (nSPS) is 10.4. The van der Waals surface area contributed by atoms with Gasteiger partial charge in [-0.25, -0.2) is 5.10 Å². The van der Waals surface area contributed by atoms with Crippen molar-refractivity contribution in [2.75, 3.05) is 0 Å². The van der Waals surface area contributed by atoms with Crippen molar-refractivity contribution in [2.24, 2.45) is 0 Å². The summed E-state index contributed by atoms with van der Waals surface area (Å²) in [5, 5.41) is 23.4. The van der Waals surface area contributed by atoms with Gasteiger partial charge in [0.15, 0.2) is 5.82 Å². The molecular weight excluding hydrogens is 228 g/mol. The van der Waals surface area contributed by atoms with E-state index in [-0.39, 0.29) is 5.75 Å². The number of H-pyrrole nitrogens is 1. The Balaban J connectivity index is 1.99. The quantitative estimate of drug-likeness (QED) is 0.718. The van der Waals surface area contributed by atoms with Crippen LogP contribution < -0.4 is 0 Å². The summed E-state index contributed by atoms with van der Waals surface area (Å²) in [6, 6.07) is 14.9. The zero-order chi connectivity index (χ0) is 12.4. The maximum atomic E-state index is 9.78. The number of hydrogen-bond acceptors (Lipinski definition) is 4. The average Bonchev–Trinajstić information content (AvgIpc) is 2.94. The van der Waals surface area contributed by atoms with Gasteiger partial charge in [-0.15, -0.1) is 5.10 Å². The van der Waals surface area contributed by atoms with Crippen LogP contribution in [-0.2, 0) is 0 Å². The monoisotopic (exact) mass is 238 g/mol. The molecule has 3 aromatic rings. The number of aromatic hydroxyl groups is 1. The van der Waals surface area contributed by atoms with E-state index in [1.165, 1.54) is 0 Å². The average molecular weight is 238 g/mol. The third-order valence-corrected chi connectivity index (χ3v) is 2.72. The smallest absolute Gasteiger partial charge is 0.179 e. The molecule has 0 spiro atoms. The van der Waals surface area contributed by atoms with E-state index in [1.807, 2.05) is 36.4 Å². The van der Waals surface area contributed by atoms with Crippen LogP contribution >= 0.6 is 0 Å². The Morgan fingerprint density at radius 2 is 1.61 bits per heavy atom. The molecule has 2 aromatic carbocycles.